The quantitative estimate of drug-likeness (QED) is 0.0329. The van der Waals surface area contributed by atoms with Crippen LogP contribution >= 0.6 is 0 Å². The standard InChI is InChI=1S/C20H22N4O5S.C20H24N4O4S.C20H23N3O4S.C19H21N3O4S/c1-12(25)15-9-13(7-8-22-15)19(26)23-20(2,3)11-29-16-6-4-5-14-10-30(27,28)24-18(21)17(14)16;1-12-8-15(9-13(2)22-12)19(25)23-20(3,4)11-28-16-7-5-6-14-10-29(26,27)24-18(21)17(14)16;1-13-6-4-7-14(10-13)19(24)22-20(2,3)12-27-16-9-5-8-15-11-28(25,26)23-18(21)17(15)16;1-19(2,21-18(23)13-7-4-3-5-8-13)12-26-15-10-6-9-14-11-27(24,25)22-17(20)16(14)15/h4-9H,10-11H2,1-3H3,(H2,21,24)(H,23,26);5-9H,10-11H2,1-4H3,(H2,21,24)(H,23,25);4-10H,11-12H2,1-3H3,(H2,21,23)(H,22,24);3-10H,11-12H2,1-2H3,(H2,20,22)(H,21,23). The summed E-state index contributed by atoms with van der Waals surface area (Å²) in [6.07, 6.45) is 1.40. The molecule has 4 aliphatic rings. The fourth-order valence-corrected chi connectivity index (χ4v) is 16.3. The Kier molecular flexibility index (Phi) is 26.1. The first kappa shape index (κ1) is 86.0. The number of fused-ring (bicyclic) bond motifs is 4. The zero-order chi connectivity index (χ0) is 83.7. The lowest BCUT2D eigenvalue weighted by molar-refractivity contribution is 0.0872. The summed E-state index contributed by atoms with van der Waals surface area (Å²) in [7, 11) is -14.5. The normalized spacial score (nSPS) is 15.2. The molecule has 0 fully saturated rings. The molecule has 12 N–H and O–H groups in total. The van der Waals surface area contributed by atoms with Crippen LogP contribution in [-0.4, -0.2) is 145 Å². The maximum Gasteiger partial charge on any atom is 0.259 e. The molecule has 4 aliphatic heterocycles. The number of carbonyl (C=O) groups excluding carboxylic acids is 5. The molecule has 0 saturated carbocycles. The predicted molar refractivity (Wildman–Crippen MR) is 433 cm³/mol. The number of nitrogens with zero attached hydrogens (tertiary/aromatic N) is 6. The average molecular weight is 1640 g/mol. The first-order valence-electron chi connectivity index (χ1n) is 35.3. The molecule has 6 aromatic carbocycles. The highest BCUT2D eigenvalue weighted by atomic mass is 32.2. The molecule has 602 valence electrons. The molecule has 8 aromatic rings. The van der Waals surface area contributed by atoms with Crippen LogP contribution < -0.4 is 63.1 Å². The molecule has 12 rings (SSSR count). The summed E-state index contributed by atoms with van der Waals surface area (Å²) in [6, 6.07) is 42.9. The van der Waals surface area contributed by atoms with E-state index < -0.39 is 62.2 Å². The molecule has 0 atom stereocenters. The number of amidine groups is 4. The summed E-state index contributed by atoms with van der Waals surface area (Å²) in [6.45, 7) is 22.1. The van der Waals surface area contributed by atoms with Gasteiger partial charge in [0.15, 0.2) is 5.78 Å². The van der Waals surface area contributed by atoms with E-state index in [1.54, 1.807) is 129 Å². The minimum atomic E-state index is -3.64. The number of nitrogens with one attached hydrogen (secondary N) is 4. The highest BCUT2D eigenvalue weighted by Crippen LogP contribution is 2.34. The summed E-state index contributed by atoms with van der Waals surface area (Å²) in [5.41, 5.74) is 29.3. The van der Waals surface area contributed by atoms with Gasteiger partial charge in [-0.3, -0.25) is 33.9 Å². The van der Waals surface area contributed by atoms with E-state index in [9.17, 15) is 57.6 Å². The van der Waals surface area contributed by atoms with Crippen molar-refractivity contribution in [3.05, 3.63) is 247 Å². The van der Waals surface area contributed by atoms with E-state index in [4.69, 9.17) is 41.9 Å². The van der Waals surface area contributed by atoms with Gasteiger partial charge in [0, 0.05) is 46.8 Å². The number of nitrogens with two attached hydrogens (primary N) is 4. The molecular formula is C79H90N14O17S4. The molecule has 6 heterocycles. The van der Waals surface area contributed by atoms with Gasteiger partial charge >= 0.3 is 0 Å². The number of ketones is 1. The van der Waals surface area contributed by atoms with Crippen LogP contribution in [-0.2, 0) is 63.1 Å². The van der Waals surface area contributed by atoms with Crippen LogP contribution in [0.15, 0.2) is 175 Å². The Labute approximate surface area is 662 Å². The topological polar surface area (TPSA) is 486 Å². The van der Waals surface area contributed by atoms with Gasteiger partial charge in [0.25, 0.3) is 63.7 Å². The van der Waals surface area contributed by atoms with E-state index >= 15 is 0 Å². The Morgan fingerprint density at radius 2 is 0.658 bits per heavy atom. The van der Waals surface area contributed by atoms with Crippen molar-refractivity contribution in [3.63, 3.8) is 0 Å². The molecule has 2 aromatic heterocycles. The van der Waals surface area contributed by atoms with Crippen molar-refractivity contribution in [2.24, 2.45) is 40.5 Å². The average Bonchev–Trinajstić information content (AvgIpc) is 0.797. The third-order valence-corrected chi connectivity index (χ3v) is 21.6. The largest absolute Gasteiger partial charge is 0.490 e. The predicted octanol–water partition coefficient (Wildman–Crippen LogP) is 7.21. The number of hydrogen-bond donors (Lipinski definition) is 8. The number of aryl methyl sites for hydroxylation is 3. The Morgan fingerprint density at radius 1 is 0.368 bits per heavy atom. The van der Waals surface area contributed by atoms with Gasteiger partial charge in [-0.05, 0) is 171 Å². The van der Waals surface area contributed by atoms with Crippen LogP contribution in [0.5, 0.6) is 23.0 Å². The second kappa shape index (κ2) is 34.6. The highest BCUT2D eigenvalue weighted by molar-refractivity contribution is 7.90. The Bertz CT molecular complexity index is 5690. The molecule has 114 heavy (non-hydrogen) atoms. The number of ether oxygens (including phenoxy) is 4. The number of Topliss-reactive ketones (excluding diaryl/α,β-unsaturated/α-hetero) is 1. The Hall–Kier alpha value is -12.0. The Morgan fingerprint density at radius 3 is 0.974 bits per heavy atom. The summed E-state index contributed by atoms with van der Waals surface area (Å²) in [4.78, 5) is 69.8. The molecule has 0 bridgehead atoms. The van der Waals surface area contributed by atoms with E-state index in [2.05, 4.69) is 48.8 Å². The van der Waals surface area contributed by atoms with E-state index in [1.807, 2.05) is 86.6 Å². The van der Waals surface area contributed by atoms with Gasteiger partial charge in [-0.15, -0.1) is 17.6 Å². The molecule has 0 unspecified atom stereocenters. The van der Waals surface area contributed by atoms with Crippen LogP contribution in [0.4, 0.5) is 0 Å². The fraction of sp³-hybridized carbons (Fsp3) is 0.304. The lowest BCUT2D eigenvalue weighted by atomic mass is 10.0. The van der Waals surface area contributed by atoms with Crippen molar-refractivity contribution in [2.45, 2.75) is 128 Å². The summed E-state index contributed by atoms with van der Waals surface area (Å²) in [5, 5.41) is 11.7. The van der Waals surface area contributed by atoms with E-state index in [0.29, 0.717) is 89.8 Å². The van der Waals surface area contributed by atoms with Gasteiger partial charge in [0.1, 0.15) is 78.5 Å². The number of sulfonamides is 4. The minimum absolute atomic E-state index is 0.0832. The molecule has 31 nitrogen and oxygen atoms in total. The molecule has 0 saturated heterocycles. The summed E-state index contributed by atoms with van der Waals surface area (Å²) in [5.74, 6) is -0.837. The maximum atomic E-state index is 12.6. The SMILES string of the molecule is CC(=O)c1cc(C(=O)NC(C)(C)COc2cccc3c2C(N)=NS(=O)(=O)C3)ccn1.CC(C)(COc1cccc2c1C(N)=NS(=O)(=O)C2)NC(=O)c1ccccc1.Cc1cc(C(=O)NC(C)(C)COc2cccc3c2C(N)=NS(=O)(=O)C3)cc(C)n1.Cc1cccc(C(=O)NC(C)(C)COc2cccc3c2C(N)=NS(=O)(=O)C3)c1. The Balaban J connectivity index is 0.000000174. The maximum absolute atomic E-state index is 12.6. The van der Waals surface area contributed by atoms with Crippen LogP contribution in [0.2, 0.25) is 0 Å². The number of hydrogen-bond acceptors (Lipinski definition) is 23. The lowest BCUT2D eigenvalue weighted by Gasteiger charge is -2.27. The first-order chi connectivity index (χ1) is 53.2. The van der Waals surface area contributed by atoms with Gasteiger partial charge in [-0.1, -0.05) is 84.4 Å². The second-order valence-electron chi connectivity index (χ2n) is 29.8. The zero-order valence-electron chi connectivity index (χ0n) is 64.7. The number of rotatable bonds is 21. The van der Waals surface area contributed by atoms with Crippen molar-refractivity contribution < 1.29 is 76.6 Å². The fourth-order valence-electron chi connectivity index (χ4n) is 11.9. The van der Waals surface area contributed by atoms with Gasteiger partial charge in [-0.25, -0.2) is 33.7 Å². The van der Waals surface area contributed by atoms with Crippen molar-refractivity contribution >= 4 is 92.8 Å². The van der Waals surface area contributed by atoms with E-state index in [1.165, 1.54) is 25.3 Å². The van der Waals surface area contributed by atoms with Crippen LogP contribution in [0.1, 0.15) is 176 Å². The zero-order valence-corrected chi connectivity index (χ0v) is 68.0. The molecule has 35 heteroatoms. The number of amides is 4. The third kappa shape index (κ3) is 23.6. The minimum Gasteiger partial charge on any atom is -0.490 e. The monoisotopic (exact) mass is 1630 g/mol. The van der Waals surface area contributed by atoms with Crippen molar-refractivity contribution in [2.75, 3.05) is 26.4 Å². The number of pyridine rings is 2. The van der Waals surface area contributed by atoms with Crippen LogP contribution in [0.25, 0.3) is 0 Å². The van der Waals surface area contributed by atoms with Gasteiger partial charge in [0.2, 0.25) is 0 Å². The van der Waals surface area contributed by atoms with Crippen LogP contribution in [0, 0.1) is 20.8 Å². The van der Waals surface area contributed by atoms with Crippen molar-refractivity contribution in [1.82, 2.24) is 31.2 Å². The van der Waals surface area contributed by atoms with E-state index in [-0.39, 0.29) is 108 Å². The van der Waals surface area contributed by atoms with Gasteiger partial charge in [-0.2, -0.15) is 0 Å². The lowest BCUT2D eigenvalue weighted by Crippen LogP contribution is -2.48. The van der Waals surface area contributed by atoms with Crippen molar-refractivity contribution in [1.29, 1.82) is 0 Å². The summed E-state index contributed by atoms with van der Waals surface area (Å²) < 4.78 is 132. The molecule has 0 radical (unpaired) electrons. The smallest absolute Gasteiger partial charge is 0.259 e. The number of aromatic nitrogens is 2. The van der Waals surface area contributed by atoms with Gasteiger partial charge in [0.05, 0.1) is 67.4 Å². The first-order valence-corrected chi connectivity index (χ1v) is 41.8. The van der Waals surface area contributed by atoms with E-state index in [0.717, 1.165) is 17.0 Å². The van der Waals surface area contributed by atoms with Gasteiger partial charge < -0.3 is 63.1 Å². The molecule has 0 aliphatic carbocycles. The highest BCUT2D eigenvalue weighted by Gasteiger charge is 2.34. The third-order valence-electron chi connectivity index (χ3n) is 17.0. The molecule has 0 spiro atoms. The molecule has 4 amide bonds. The summed E-state index contributed by atoms with van der Waals surface area (Å²) >= 11 is 0. The number of benzene rings is 6. The van der Waals surface area contributed by atoms with Crippen LogP contribution in [0.3, 0.4) is 0 Å². The molecular weight excluding hydrogens is 1550 g/mol. The number of carbonyl (C=O) groups is 5. The van der Waals surface area contributed by atoms with Crippen molar-refractivity contribution in [3.8, 4) is 23.0 Å². The second-order valence-corrected chi connectivity index (χ2v) is 36.4.